The van der Waals surface area contributed by atoms with E-state index in [1.165, 1.54) is 0 Å². The van der Waals surface area contributed by atoms with Gasteiger partial charge < -0.3 is 15.5 Å². The SMILES string of the molecule is Cc1cn2nc([C@@H]3CCCCN3C(=O)C3CCCC(F)C3F)cc2nc1N1CC[C@H](N)C1. The lowest BCUT2D eigenvalue weighted by Crippen LogP contribution is -2.47. The van der Waals surface area contributed by atoms with Gasteiger partial charge >= 0.3 is 0 Å². The molecule has 174 valence electrons. The van der Waals surface area contributed by atoms with Crippen LogP contribution in [0, 0.1) is 12.8 Å². The number of aryl methyl sites for hydroxylation is 1. The number of nitrogens with two attached hydrogens (primary N) is 1. The molecule has 4 heterocycles. The van der Waals surface area contributed by atoms with E-state index in [9.17, 15) is 13.6 Å². The fourth-order valence-corrected chi connectivity index (χ4v) is 5.56. The summed E-state index contributed by atoms with van der Waals surface area (Å²) in [5.74, 6) is -0.231. The third kappa shape index (κ3) is 3.84. The van der Waals surface area contributed by atoms with Crippen LogP contribution in [0.15, 0.2) is 12.3 Å². The Labute approximate surface area is 186 Å². The number of carbonyl (C=O) groups is 1. The zero-order valence-electron chi connectivity index (χ0n) is 18.6. The van der Waals surface area contributed by atoms with Crippen LogP contribution in [0.2, 0.25) is 0 Å². The molecule has 1 saturated carbocycles. The first-order valence-electron chi connectivity index (χ1n) is 11.9. The number of amides is 1. The minimum atomic E-state index is -1.71. The largest absolute Gasteiger partial charge is 0.355 e. The monoisotopic (exact) mass is 446 g/mol. The fourth-order valence-electron chi connectivity index (χ4n) is 5.56. The number of anilines is 1. The summed E-state index contributed by atoms with van der Waals surface area (Å²) in [6.07, 6.45) is 3.45. The van der Waals surface area contributed by atoms with Crippen LogP contribution in [0.25, 0.3) is 5.65 Å². The molecule has 0 spiro atoms. The number of fused-ring (bicyclic) bond motifs is 1. The average molecular weight is 447 g/mol. The van der Waals surface area contributed by atoms with Crippen molar-refractivity contribution in [3.05, 3.63) is 23.5 Å². The standard InChI is InChI=1S/C23H32F2N6O/c1-14-12-31-20(27-22(14)29-10-8-15(26)13-29)11-18(28-31)19-7-2-3-9-30(19)23(32)16-5-4-6-17(24)21(16)25/h11-12,15-17,19,21H,2-10,13,26H2,1H3/t15-,16?,17?,19-,21?/m0/s1. The Kier molecular flexibility index (Phi) is 5.77. The Hall–Kier alpha value is -2.29. The summed E-state index contributed by atoms with van der Waals surface area (Å²) in [5.41, 5.74) is 8.59. The van der Waals surface area contributed by atoms with E-state index in [0.29, 0.717) is 19.4 Å². The number of piperidine rings is 1. The van der Waals surface area contributed by atoms with Crippen LogP contribution < -0.4 is 10.6 Å². The molecule has 1 aliphatic carbocycles. The second-order valence-electron chi connectivity index (χ2n) is 9.66. The van der Waals surface area contributed by atoms with E-state index < -0.39 is 18.3 Å². The predicted molar refractivity (Wildman–Crippen MR) is 118 cm³/mol. The predicted octanol–water partition coefficient (Wildman–Crippen LogP) is 3.11. The van der Waals surface area contributed by atoms with Crippen molar-refractivity contribution in [2.24, 2.45) is 11.7 Å². The third-order valence-corrected chi connectivity index (χ3v) is 7.32. The summed E-state index contributed by atoms with van der Waals surface area (Å²) in [6.45, 7) is 4.25. The van der Waals surface area contributed by atoms with Gasteiger partial charge in [-0.2, -0.15) is 5.10 Å². The Bertz CT molecular complexity index is 996. The molecule has 32 heavy (non-hydrogen) atoms. The van der Waals surface area contributed by atoms with E-state index in [4.69, 9.17) is 15.8 Å². The molecule has 9 heteroatoms. The van der Waals surface area contributed by atoms with Gasteiger partial charge in [0.15, 0.2) is 5.65 Å². The van der Waals surface area contributed by atoms with Crippen LogP contribution in [0.4, 0.5) is 14.6 Å². The van der Waals surface area contributed by atoms with Gasteiger partial charge in [0, 0.05) is 43.5 Å². The topological polar surface area (TPSA) is 79.8 Å². The Morgan fingerprint density at radius 2 is 1.97 bits per heavy atom. The van der Waals surface area contributed by atoms with Crippen LogP contribution in [0.1, 0.15) is 62.2 Å². The van der Waals surface area contributed by atoms with Gasteiger partial charge in [-0.3, -0.25) is 4.79 Å². The second-order valence-corrected chi connectivity index (χ2v) is 9.66. The van der Waals surface area contributed by atoms with Crippen molar-refractivity contribution in [3.8, 4) is 0 Å². The number of hydrogen-bond donors (Lipinski definition) is 1. The molecule has 3 unspecified atom stereocenters. The van der Waals surface area contributed by atoms with Crippen LogP contribution in [-0.2, 0) is 4.79 Å². The lowest BCUT2D eigenvalue weighted by molar-refractivity contribution is -0.144. The Morgan fingerprint density at radius 3 is 2.75 bits per heavy atom. The summed E-state index contributed by atoms with van der Waals surface area (Å²) < 4.78 is 30.3. The first-order chi connectivity index (χ1) is 15.4. The Morgan fingerprint density at radius 1 is 1.12 bits per heavy atom. The number of halogens is 2. The summed E-state index contributed by atoms with van der Waals surface area (Å²) in [7, 11) is 0. The summed E-state index contributed by atoms with van der Waals surface area (Å²) in [5, 5.41) is 4.74. The molecule has 3 aliphatic rings. The number of rotatable bonds is 3. The molecule has 2 N–H and O–H groups in total. The zero-order valence-corrected chi connectivity index (χ0v) is 18.6. The first-order valence-corrected chi connectivity index (χ1v) is 11.9. The third-order valence-electron chi connectivity index (χ3n) is 7.32. The number of likely N-dealkylation sites (tertiary alicyclic amines) is 1. The molecule has 2 aromatic heterocycles. The molecule has 2 aliphatic heterocycles. The van der Waals surface area contributed by atoms with Gasteiger partial charge in [0.2, 0.25) is 5.91 Å². The van der Waals surface area contributed by atoms with Crippen molar-refractivity contribution in [1.29, 1.82) is 0 Å². The highest BCUT2D eigenvalue weighted by Crippen LogP contribution is 2.37. The highest BCUT2D eigenvalue weighted by atomic mass is 19.2. The van der Waals surface area contributed by atoms with Gasteiger partial charge in [-0.05, 0) is 51.9 Å². The fraction of sp³-hybridized carbons (Fsp3) is 0.696. The lowest BCUT2D eigenvalue weighted by Gasteiger charge is -2.39. The molecule has 1 amide bonds. The highest BCUT2D eigenvalue weighted by Gasteiger charge is 2.42. The van der Waals surface area contributed by atoms with Crippen molar-refractivity contribution >= 4 is 17.4 Å². The van der Waals surface area contributed by atoms with E-state index in [2.05, 4.69) is 4.90 Å². The number of aromatic nitrogens is 3. The Balaban J connectivity index is 1.43. The number of nitrogens with zero attached hydrogens (tertiary/aromatic N) is 5. The average Bonchev–Trinajstić information content (AvgIpc) is 3.40. The van der Waals surface area contributed by atoms with Gasteiger partial charge in [0.25, 0.3) is 0 Å². The summed E-state index contributed by atoms with van der Waals surface area (Å²) in [6, 6.07) is 1.87. The second kappa shape index (κ2) is 8.57. The maximum Gasteiger partial charge on any atom is 0.229 e. The van der Waals surface area contributed by atoms with E-state index >= 15 is 0 Å². The quantitative estimate of drug-likeness (QED) is 0.784. The van der Waals surface area contributed by atoms with Gasteiger partial charge in [-0.15, -0.1) is 0 Å². The van der Waals surface area contributed by atoms with E-state index in [1.54, 1.807) is 9.42 Å². The number of alkyl halides is 2. The van der Waals surface area contributed by atoms with Crippen molar-refractivity contribution in [3.63, 3.8) is 0 Å². The summed E-state index contributed by atoms with van der Waals surface area (Å²) in [4.78, 5) is 22.1. The van der Waals surface area contributed by atoms with Crippen molar-refractivity contribution in [2.45, 2.75) is 76.3 Å². The maximum absolute atomic E-state index is 14.5. The molecule has 0 aromatic carbocycles. The zero-order chi connectivity index (χ0) is 22.4. The maximum atomic E-state index is 14.5. The molecule has 0 bridgehead atoms. The van der Waals surface area contributed by atoms with E-state index in [1.807, 2.05) is 19.2 Å². The van der Waals surface area contributed by atoms with Gasteiger partial charge in [-0.1, -0.05) is 0 Å². The molecule has 5 rings (SSSR count). The van der Waals surface area contributed by atoms with Crippen LogP contribution in [0.5, 0.6) is 0 Å². The molecular weight excluding hydrogens is 414 g/mol. The van der Waals surface area contributed by atoms with Gasteiger partial charge in [0.1, 0.15) is 18.2 Å². The molecule has 3 fully saturated rings. The minimum absolute atomic E-state index is 0.165. The van der Waals surface area contributed by atoms with Gasteiger partial charge in [0.05, 0.1) is 17.7 Å². The molecule has 2 aromatic rings. The lowest BCUT2D eigenvalue weighted by atomic mass is 9.84. The van der Waals surface area contributed by atoms with Crippen LogP contribution in [0.3, 0.4) is 0 Å². The summed E-state index contributed by atoms with van der Waals surface area (Å²) >= 11 is 0. The van der Waals surface area contributed by atoms with Crippen molar-refractivity contribution in [2.75, 3.05) is 24.5 Å². The number of carbonyl (C=O) groups excluding carboxylic acids is 1. The minimum Gasteiger partial charge on any atom is -0.355 e. The number of hydrogen-bond acceptors (Lipinski definition) is 5. The molecule has 0 radical (unpaired) electrons. The van der Waals surface area contributed by atoms with Gasteiger partial charge in [-0.25, -0.2) is 18.3 Å². The first kappa shape index (κ1) is 21.6. The van der Waals surface area contributed by atoms with Crippen LogP contribution >= 0.6 is 0 Å². The molecule has 7 nitrogen and oxygen atoms in total. The highest BCUT2D eigenvalue weighted by molar-refractivity contribution is 5.80. The van der Waals surface area contributed by atoms with Crippen molar-refractivity contribution < 1.29 is 13.6 Å². The molecule has 5 atom stereocenters. The molecular formula is C23H32F2N6O. The molecule has 2 saturated heterocycles. The van der Waals surface area contributed by atoms with E-state index in [-0.39, 0.29) is 24.4 Å². The van der Waals surface area contributed by atoms with Crippen LogP contribution in [-0.4, -0.2) is 63.4 Å². The smallest absolute Gasteiger partial charge is 0.229 e. The van der Waals surface area contributed by atoms with Crippen molar-refractivity contribution in [1.82, 2.24) is 19.5 Å². The van der Waals surface area contributed by atoms with E-state index in [0.717, 1.165) is 61.5 Å². The normalized spacial score (nSPS) is 31.4.